The Morgan fingerprint density at radius 2 is 2.05 bits per heavy atom. The van der Waals surface area contributed by atoms with Crippen molar-refractivity contribution in [2.24, 2.45) is 5.73 Å². The van der Waals surface area contributed by atoms with Gasteiger partial charge in [0.15, 0.2) is 0 Å². The molecule has 1 unspecified atom stereocenters. The molecule has 3 N–H and O–H groups in total. The summed E-state index contributed by atoms with van der Waals surface area (Å²) in [5.74, 6) is -0.121. The van der Waals surface area contributed by atoms with Crippen LogP contribution in [0.5, 0.6) is 0 Å². The van der Waals surface area contributed by atoms with Crippen LogP contribution in [0.15, 0.2) is 46.3 Å². The van der Waals surface area contributed by atoms with Crippen molar-refractivity contribution >= 4 is 33.2 Å². The Bertz CT molecular complexity index is 541. The highest BCUT2D eigenvalue weighted by atomic mass is 79.9. The molecule has 2 rings (SSSR count). The number of amides is 1. The summed E-state index contributed by atoms with van der Waals surface area (Å²) in [6.45, 7) is 0.513. The van der Waals surface area contributed by atoms with Crippen LogP contribution in [0.4, 0.5) is 0 Å². The zero-order valence-corrected chi connectivity index (χ0v) is 12.7. The predicted molar refractivity (Wildman–Crippen MR) is 82.0 cm³/mol. The van der Waals surface area contributed by atoms with Gasteiger partial charge in [0.05, 0.1) is 12.6 Å². The zero-order chi connectivity index (χ0) is 13.7. The molecule has 1 aromatic heterocycles. The lowest BCUT2D eigenvalue weighted by Gasteiger charge is -2.12. The van der Waals surface area contributed by atoms with Gasteiger partial charge in [-0.2, -0.15) is 0 Å². The first-order valence-corrected chi connectivity index (χ1v) is 7.63. The van der Waals surface area contributed by atoms with Crippen molar-refractivity contribution in [1.29, 1.82) is 0 Å². The first-order valence-electron chi connectivity index (χ1n) is 5.96. The van der Waals surface area contributed by atoms with Gasteiger partial charge in [-0.3, -0.25) is 4.79 Å². The monoisotopic (exact) mass is 338 g/mol. The number of halogens is 1. The first kappa shape index (κ1) is 14.2. The van der Waals surface area contributed by atoms with E-state index in [1.54, 1.807) is 11.3 Å². The number of hydrogen-bond acceptors (Lipinski definition) is 3. The van der Waals surface area contributed by atoms with Gasteiger partial charge in [0.25, 0.3) is 0 Å². The second-order valence-corrected chi connectivity index (χ2v) is 6.06. The van der Waals surface area contributed by atoms with E-state index < -0.39 is 6.04 Å². The number of benzene rings is 1. The third kappa shape index (κ3) is 4.16. The average molecular weight is 339 g/mol. The van der Waals surface area contributed by atoms with Gasteiger partial charge in [0.1, 0.15) is 0 Å². The van der Waals surface area contributed by atoms with Gasteiger partial charge in [-0.05, 0) is 39.4 Å². The van der Waals surface area contributed by atoms with E-state index >= 15 is 0 Å². The summed E-state index contributed by atoms with van der Waals surface area (Å²) in [5, 5.41) is 4.84. The maximum absolute atomic E-state index is 11.9. The number of thiophene rings is 1. The Morgan fingerprint density at radius 1 is 1.32 bits per heavy atom. The molecule has 1 aromatic carbocycles. The molecule has 0 aliphatic heterocycles. The number of nitrogens with one attached hydrogen (secondary N) is 1. The molecule has 3 nitrogen and oxygen atoms in total. The van der Waals surface area contributed by atoms with Crippen molar-refractivity contribution in [2.75, 3.05) is 0 Å². The molecule has 2 aromatic rings. The second kappa shape index (κ2) is 6.84. The zero-order valence-electron chi connectivity index (χ0n) is 10.3. The topological polar surface area (TPSA) is 55.1 Å². The number of carbonyl (C=O) groups excluding carboxylic acids is 1. The average Bonchev–Trinajstić information content (AvgIpc) is 2.82. The molecule has 0 aliphatic rings. The standard InChI is InChI=1S/C14H15BrN2OS/c15-11-6-7-19-13(11)9-17-14(18)12(16)8-10-4-2-1-3-5-10/h1-7,12H,8-9,16H2,(H,17,18). The van der Waals surface area contributed by atoms with Crippen LogP contribution < -0.4 is 11.1 Å². The summed E-state index contributed by atoms with van der Waals surface area (Å²) in [7, 11) is 0. The summed E-state index contributed by atoms with van der Waals surface area (Å²) < 4.78 is 1.02. The molecule has 100 valence electrons. The van der Waals surface area contributed by atoms with Crippen molar-refractivity contribution in [3.8, 4) is 0 Å². The summed E-state index contributed by atoms with van der Waals surface area (Å²) in [6, 6.07) is 11.2. The van der Waals surface area contributed by atoms with E-state index in [0.29, 0.717) is 13.0 Å². The Morgan fingerprint density at radius 3 is 2.68 bits per heavy atom. The second-order valence-electron chi connectivity index (χ2n) is 4.21. The van der Waals surface area contributed by atoms with Crippen molar-refractivity contribution in [1.82, 2.24) is 5.32 Å². The van der Waals surface area contributed by atoms with Crippen molar-refractivity contribution < 1.29 is 4.79 Å². The summed E-state index contributed by atoms with van der Waals surface area (Å²) >= 11 is 5.04. The van der Waals surface area contributed by atoms with E-state index in [4.69, 9.17) is 5.73 Å². The van der Waals surface area contributed by atoms with E-state index in [-0.39, 0.29) is 5.91 Å². The summed E-state index contributed by atoms with van der Waals surface area (Å²) in [5.41, 5.74) is 6.98. The maximum atomic E-state index is 11.9. The lowest BCUT2D eigenvalue weighted by atomic mass is 10.1. The molecule has 0 bridgehead atoms. The van der Waals surface area contributed by atoms with Crippen molar-refractivity contribution in [3.63, 3.8) is 0 Å². The van der Waals surface area contributed by atoms with Gasteiger partial charge in [-0.1, -0.05) is 30.3 Å². The molecular formula is C14H15BrN2OS. The molecule has 1 atom stereocenters. The lowest BCUT2D eigenvalue weighted by molar-refractivity contribution is -0.122. The van der Waals surface area contributed by atoms with Crippen LogP contribution in [0.2, 0.25) is 0 Å². The highest BCUT2D eigenvalue weighted by molar-refractivity contribution is 9.10. The van der Waals surface area contributed by atoms with Crippen LogP contribution in [0.3, 0.4) is 0 Å². The van der Waals surface area contributed by atoms with Gasteiger partial charge in [0, 0.05) is 9.35 Å². The Balaban J connectivity index is 1.84. The lowest BCUT2D eigenvalue weighted by Crippen LogP contribution is -2.41. The fourth-order valence-corrected chi connectivity index (χ4v) is 3.14. The van der Waals surface area contributed by atoms with E-state index in [2.05, 4.69) is 21.2 Å². The van der Waals surface area contributed by atoms with E-state index in [1.807, 2.05) is 41.8 Å². The third-order valence-electron chi connectivity index (χ3n) is 2.75. The number of rotatable bonds is 5. The summed E-state index contributed by atoms with van der Waals surface area (Å²) in [4.78, 5) is 13.0. The fourth-order valence-electron chi connectivity index (χ4n) is 1.71. The number of hydrogen-bond donors (Lipinski definition) is 2. The fraction of sp³-hybridized carbons (Fsp3) is 0.214. The molecule has 0 saturated carbocycles. The molecule has 0 radical (unpaired) electrons. The largest absolute Gasteiger partial charge is 0.350 e. The van der Waals surface area contributed by atoms with Gasteiger partial charge in [-0.25, -0.2) is 0 Å². The van der Waals surface area contributed by atoms with Crippen LogP contribution >= 0.6 is 27.3 Å². The normalized spacial score (nSPS) is 12.1. The van der Waals surface area contributed by atoms with Gasteiger partial charge >= 0.3 is 0 Å². The predicted octanol–water partition coefficient (Wildman–Crippen LogP) is 2.70. The molecule has 0 aliphatic carbocycles. The molecule has 5 heteroatoms. The first-order chi connectivity index (χ1) is 9.16. The third-order valence-corrected chi connectivity index (χ3v) is 4.68. The Labute approximate surface area is 125 Å². The molecule has 0 saturated heterocycles. The minimum atomic E-state index is -0.513. The van der Waals surface area contributed by atoms with E-state index in [0.717, 1.165) is 14.9 Å². The molecule has 0 spiro atoms. The Hall–Kier alpha value is -1.17. The van der Waals surface area contributed by atoms with Crippen LogP contribution in [0, 0.1) is 0 Å². The molecular weight excluding hydrogens is 324 g/mol. The molecule has 1 amide bonds. The van der Waals surface area contributed by atoms with E-state index in [1.165, 1.54) is 0 Å². The highest BCUT2D eigenvalue weighted by Gasteiger charge is 2.14. The van der Waals surface area contributed by atoms with Crippen molar-refractivity contribution in [3.05, 3.63) is 56.7 Å². The number of carbonyl (C=O) groups is 1. The van der Waals surface area contributed by atoms with Gasteiger partial charge < -0.3 is 11.1 Å². The van der Waals surface area contributed by atoms with Crippen LogP contribution in [-0.2, 0) is 17.8 Å². The molecule has 0 fully saturated rings. The molecule has 19 heavy (non-hydrogen) atoms. The van der Waals surface area contributed by atoms with E-state index in [9.17, 15) is 4.79 Å². The van der Waals surface area contributed by atoms with Gasteiger partial charge in [-0.15, -0.1) is 11.3 Å². The van der Waals surface area contributed by atoms with Crippen LogP contribution in [0.25, 0.3) is 0 Å². The minimum Gasteiger partial charge on any atom is -0.350 e. The molecule has 1 heterocycles. The minimum absolute atomic E-state index is 0.121. The Kier molecular flexibility index (Phi) is 5.13. The van der Waals surface area contributed by atoms with Crippen LogP contribution in [-0.4, -0.2) is 11.9 Å². The summed E-state index contributed by atoms with van der Waals surface area (Å²) in [6.07, 6.45) is 0.554. The number of nitrogens with two attached hydrogens (primary N) is 1. The smallest absolute Gasteiger partial charge is 0.237 e. The van der Waals surface area contributed by atoms with Gasteiger partial charge in [0.2, 0.25) is 5.91 Å². The van der Waals surface area contributed by atoms with Crippen LogP contribution in [0.1, 0.15) is 10.4 Å². The van der Waals surface area contributed by atoms with Crippen molar-refractivity contribution in [2.45, 2.75) is 19.0 Å². The highest BCUT2D eigenvalue weighted by Crippen LogP contribution is 2.22. The maximum Gasteiger partial charge on any atom is 0.237 e. The SMILES string of the molecule is NC(Cc1ccccc1)C(=O)NCc1sccc1Br. The quantitative estimate of drug-likeness (QED) is 0.880.